The number of nitrogens with zero attached hydrogens (tertiary/aromatic N) is 1. The molecule has 2 N–H and O–H groups in total. The van der Waals surface area contributed by atoms with E-state index in [0.29, 0.717) is 6.54 Å². The fourth-order valence-corrected chi connectivity index (χ4v) is 2.20. The van der Waals surface area contributed by atoms with E-state index in [9.17, 15) is 0 Å². The van der Waals surface area contributed by atoms with E-state index in [-0.39, 0.29) is 6.10 Å². The molecule has 0 aliphatic rings. The molecule has 0 amide bonds. The molecule has 19 heavy (non-hydrogen) atoms. The van der Waals surface area contributed by atoms with Crippen molar-refractivity contribution in [2.45, 2.75) is 39.7 Å². The average Bonchev–Trinajstić information content (AvgIpc) is 2.36. The second-order valence-electron chi connectivity index (χ2n) is 5.12. The van der Waals surface area contributed by atoms with Gasteiger partial charge in [0.05, 0.1) is 6.10 Å². The van der Waals surface area contributed by atoms with Crippen LogP contribution in [-0.4, -0.2) is 17.6 Å². The van der Waals surface area contributed by atoms with Crippen molar-refractivity contribution in [3.63, 3.8) is 0 Å². The van der Waals surface area contributed by atoms with Crippen LogP contribution in [0.15, 0.2) is 24.3 Å². The summed E-state index contributed by atoms with van der Waals surface area (Å²) in [5.41, 5.74) is 8.87. The molecule has 0 fully saturated rings. The SMILES string of the molecule is Cc1nc2c(OC(C)C)cccc2cc1CCCN. The lowest BCUT2D eigenvalue weighted by molar-refractivity contribution is 0.245. The van der Waals surface area contributed by atoms with Crippen molar-refractivity contribution in [3.8, 4) is 5.75 Å². The highest BCUT2D eigenvalue weighted by molar-refractivity contribution is 5.85. The van der Waals surface area contributed by atoms with Crippen LogP contribution in [0.5, 0.6) is 5.75 Å². The first-order valence-corrected chi connectivity index (χ1v) is 6.87. The fourth-order valence-electron chi connectivity index (χ4n) is 2.20. The third-order valence-electron chi connectivity index (χ3n) is 3.12. The first-order valence-electron chi connectivity index (χ1n) is 6.87. The molecule has 2 rings (SSSR count). The van der Waals surface area contributed by atoms with Crippen LogP contribution in [0.1, 0.15) is 31.5 Å². The van der Waals surface area contributed by atoms with Crippen LogP contribution in [0, 0.1) is 6.92 Å². The normalized spacial score (nSPS) is 11.2. The van der Waals surface area contributed by atoms with Gasteiger partial charge in [0, 0.05) is 11.1 Å². The molecule has 0 saturated heterocycles. The maximum atomic E-state index is 5.82. The van der Waals surface area contributed by atoms with Crippen molar-refractivity contribution in [2.24, 2.45) is 5.73 Å². The van der Waals surface area contributed by atoms with E-state index in [1.54, 1.807) is 0 Å². The molecule has 0 aliphatic carbocycles. The molecule has 0 radical (unpaired) electrons. The minimum Gasteiger partial charge on any atom is -0.489 e. The Morgan fingerprint density at radius 2 is 2.11 bits per heavy atom. The highest BCUT2D eigenvalue weighted by atomic mass is 16.5. The molecular weight excluding hydrogens is 236 g/mol. The van der Waals surface area contributed by atoms with E-state index in [0.717, 1.165) is 35.2 Å². The van der Waals surface area contributed by atoms with E-state index in [4.69, 9.17) is 15.5 Å². The van der Waals surface area contributed by atoms with Gasteiger partial charge in [-0.3, -0.25) is 0 Å². The predicted molar refractivity (Wildman–Crippen MR) is 79.6 cm³/mol. The molecule has 0 spiro atoms. The van der Waals surface area contributed by atoms with Gasteiger partial charge in [-0.25, -0.2) is 4.98 Å². The van der Waals surface area contributed by atoms with Gasteiger partial charge < -0.3 is 10.5 Å². The third-order valence-corrected chi connectivity index (χ3v) is 3.12. The molecule has 0 bridgehead atoms. The Morgan fingerprint density at radius 1 is 1.32 bits per heavy atom. The molecule has 1 heterocycles. The number of hydrogen-bond donors (Lipinski definition) is 1. The van der Waals surface area contributed by atoms with Gasteiger partial charge in [-0.05, 0) is 57.9 Å². The third kappa shape index (κ3) is 3.24. The Labute approximate surface area is 114 Å². The molecule has 3 heteroatoms. The lowest BCUT2D eigenvalue weighted by Crippen LogP contribution is -2.07. The molecule has 0 unspecified atom stereocenters. The van der Waals surface area contributed by atoms with Gasteiger partial charge in [0.2, 0.25) is 0 Å². The number of benzene rings is 1. The minimum atomic E-state index is 0.157. The number of rotatable bonds is 5. The van der Waals surface area contributed by atoms with Crippen LogP contribution in [0.4, 0.5) is 0 Å². The Morgan fingerprint density at radius 3 is 2.79 bits per heavy atom. The highest BCUT2D eigenvalue weighted by Gasteiger charge is 2.08. The number of fused-ring (bicyclic) bond motifs is 1. The second-order valence-corrected chi connectivity index (χ2v) is 5.12. The number of para-hydroxylation sites is 1. The summed E-state index contributed by atoms with van der Waals surface area (Å²) in [6.07, 6.45) is 2.14. The second kappa shape index (κ2) is 6.02. The van der Waals surface area contributed by atoms with Gasteiger partial charge in [0.1, 0.15) is 11.3 Å². The molecule has 102 valence electrons. The average molecular weight is 258 g/mol. The van der Waals surface area contributed by atoms with E-state index in [2.05, 4.69) is 19.1 Å². The summed E-state index contributed by atoms with van der Waals surface area (Å²) in [6, 6.07) is 8.29. The Hall–Kier alpha value is -1.61. The summed E-state index contributed by atoms with van der Waals surface area (Å²) in [5.74, 6) is 0.862. The summed E-state index contributed by atoms with van der Waals surface area (Å²) >= 11 is 0. The summed E-state index contributed by atoms with van der Waals surface area (Å²) < 4.78 is 5.82. The zero-order valence-corrected chi connectivity index (χ0v) is 11.9. The van der Waals surface area contributed by atoms with Gasteiger partial charge in [0.25, 0.3) is 0 Å². The van der Waals surface area contributed by atoms with Gasteiger partial charge in [0.15, 0.2) is 0 Å². The zero-order valence-electron chi connectivity index (χ0n) is 11.9. The van der Waals surface area contributed by atoms with Crippen LogP contribution < -0.4 is 10.5 Å². The lowest BCUT2D eigenvalue weighted by atomic mass is 10.0. The van der Waals surface area contributed by atoms with Gasteiger partial charge >= 0.3 is 0 Å². The number of pyridine rings is 1. The van der Waals surface area contributed by atoms with Gasteiger partial charge in [-0.1, -0.05) is 12.1 Å². The largest absolute Gasteiger partial charge is 0.489 e. The summed E-state index contributed by atoms with van der Waals surface area (Å²) in [4.78, 5) is 4.72. The highest BCUT2D eigenvalue weighted by Crippen LogP contribution is 2.26. The van der Waals surface area contributed by atoms with Crippen molar-refractivity contribution in [1.29, 1.82) is 0 Å². The van der Waals surface area contributed by atoms with Crippen LogP contribution >= 0.6 is 0 Å². The molecule has 3 nitrogen and oxygen atoms in total. The van der Waals surface area contributed by atoms with E-state index >= 15 is 0 Å². The Bertz CT molecular complexity index is 564. The van der Waals surface area contributed by atoms with E-state index in [1.807, 2.05) is 26.0 Å². The molecule has 0 atom stereocenters. The summed E-state index contributed by atoms with van der Waals surface area (Å²) in [7, 11) is 0. The molecular formula is C16H22N2O. The van der Waals surface area contributed by atoms with Crippen LogP contribution in [0.3, 0.4) is 0 Å². The van der Waals surface area contributed by atoms with Crippen LogP contribution in [0.2, 0.25) is 0 Å². The smallest absolute Gasteiger partial charge is 0.145 e. The monoisotopic (exact) mass is 258 g/mol. The first kappa shape index (κ1) is 13.8. The fraction of sp³-hybridized carbons (Fsp3) is 0.438. The zero-order chi connectivity index (χ0) is 13.8. The van der Waals surface area contributed by atoms with Gasteiger partial charge in [-0.15, -0.1) is 0 Å². The van der Waals surface area contributed by atoms with Crippen LogP contribution in [0.25, 0.3) is 10.9 Å². The van der Waals surface area contributed by atoms with E-state index in [1.165, 1.54) is 5.56 Å². The van der Waals surface area contributed by atoms with Crippen molar-refractivity contribution in [1.82, 2.24) is 4.98 Å². The van der Waals surface area contributed by atoms with Crippen molar-refractivity contribution < 1.29 is 4.74 Å². The summed E-state index contributed by atoms with van der Waals surface area (Å²) in [5, 5.41) is 1.13. The molecule has 1 aromatic heterocycles. The van der Waals surface area contributed by atoms with E-state index < -0.39 is 0 Å². The van der Waals surface area contributed by atoms with Crippen molar-refractivity contribution in [2.75, 3.05) is 6.54 Å². The van der Waals surface area contributed by atoms with Gasteiger partial charge in [-0.2, -0.15) is 0 Å². The topological polar surface area (TPSA) is 48.1 Å². The number of nitrogens with two attached hydrogens (primary N) is 1. The number of hydrogen-bond acceptors (Lipinski definition) is 3. The Kier molecular flexibility index (Phi) is 4.38. The quantitative estimate of drug-likeness (QED) is 0.895. The molecule has 2 aromatic rings. The Balaban J connectivity index is 2.44. The standard InChI is InChI=1S/C16H22N2O/c1-11(2)19-15-8-4-6-14-10-13(7-5-9-17)12(3)18-16(14)15/h4,6,8,10-11H,5,7,9,17H2,1-3H3. The first-order chi connectivity index (χ1) is 9.11. The number of aromatic nitrogens is 1. The summed E-state index contributed by atoms with van der Waals surface area (Å²) in [6.45, 7) is 6.83. The maximum Gasteiger partial charge on any atom is 0.145 e. The maximum absolute atomic E-state index is 5.82. The van der Waals surface area contributed by atoms with Crippen molar-refractivity contribution >= 4 is 10.9 Å². The molecule has 0 aliphatic heterocycles. The number of ether oxygens (including phenoxy) is 1. The van der Waals surface area contributed by atoms with Crippen molar-refractivity contribution in [3.05, 3.63) is 35.5 Å². The lowest BCUT2D eigenvalue weighted by Gasteiger charge is -2.13. The molecule has 1 aromatic carbocycles. The molecule has 0 saturated carbocycles. The predicted octanol–water partition coefficient (Wildman–Crippen LogP) is 3.22. The number of aryl methyl sites for hydroxylation is 2. The minimum absolute atomic E-state index is 0.157. The van der Waals surface area contributed by atoms with Crippen LogP contribution in [-0.2, 0) is 6.42 Å².